The van der Waals surface area contributed by atoms with Crippen LogP contribution in [0.3, 0.4) is 0 Å². The van der Waals surface area contributed by atoms with E-state index in [0.717, 1.165) is 11.4 Å². The molecule has 0 amide bonds. The molecule has 5 heteroatoms. The van der Waals surface area contributed by atoms with Crippen LogP contribution in [0.1, 0.15) is 24.2 Å². The molecule has 1 atom stereocenters. The molecule has 0 saturated carbocycles. The van der Waals surface area contributed by atoms with Gasteiger partial charge in [0.1, 0.15) is 5.82 Å². The highest BCUT2D eigenvalue weighted by molar-refractivity contribution is 6.33. The third kappa shape index (κ3) is 2.48. The van der Waals surface area contributed by atoms with Crippen molar-refractivity contribution < 1.29 is 4.39 Å². The molecule has 0 aliphatic heterocycles. The van der Waals surface area contributed by atoms with E-state index in [1.54, 1.807) is 23.9 Å². The van der Waals surface area contributed by atoms with Crippen LogP contribution in [0.2, 0.25) is 5.02 Å². The molecule has 3 nitrogen and oxygen atoms in total. The topological polar surface area (TPSA) is 29.9 Å². The summed E-state index contributed by atoms with van der Waals surface area (Å²) in [5, 5.41) is 7.76. The van der Waals surface area contributed by atoms with Crippen molar-refractivity contribution in [3.63, 3.8) is 0 Å². The third-order valence-electron chi connectivity index (χ3n) is 2.92. The average molecular weight is 268 g/mol. The Morgan fingerprint density at radius 1 is 1.44 bits per heavy atom. The van der Waals surface area contributed by atoms with Gasteiger partial charge in [0, 0.05) is 13.2 Å². The number of hydrogen-bond donors (Lipinski definition) is 1. The first kappa shape index (κ1) is 12.9. The van der Waals surface area contributed by atoms with Gasteiger partial charge < -0.3 is 5.32 Å². The highest BCUT2D eigenvalue weighted by Gasteiger charge is 2.12. The van der Waals surface area contributed by atoms with Crippen molar-refractivity contribution in [3.05, 3.63) is 46.5 Å². The molecule has 0 aliphatic rings. The van der Waals surface area contributed by atoms with Crippen molar-refractivity contribution in [3.8, 4) is 0 Å². The second-order valence-electron chi connectivity index (χ2n) is 4.33. The molecular weight excluding hydrogens is 253 g/mol. The lowest BCUT2D eigenvalue weighted by molar-refractivity contribution is 0.618. The Bertz CT molecular complexity index is 565. The Labute approximate surface area is 111 Å². The monoisotopic (exact) mass is 267 g/mol. The SMILES string of the molecule is Cc1cc(NC(C)c2ccnn2C)c(Cl)cc1F. The molecule has 1 N–H and O–H groups in total. The van der Waals surface area contributed by atoms with Crippen LogP contribution in [-0.2, 0) is 7.05 Å². The van der Waals surface area contributed by atoms with Gasteiger partial charge in [0.2, 0.25) is 0 Å². The van der Waals surface area contributed by atoms with Crippen LogP contribution >= 0.6 is 11.6 Å². The summed E-state index contributed by atoms with van der Waals surface area (Å²) in [7, 11) is 1.88. The number of anilines is 1. The van der Waals surface area contributed by atoms with E-state index in [0.29, 0.717) is 10.6 Å². The quantitative estimate of drug-likeness (QED) is 0.919. The van der Waals surface area contributed by atoms with Gasteiger partial charge in [-0.2, -0.15) is 5.10 Å². The van der Waals surface area contributed by atoms with E-state index < -0.39 is 0 Å². The number of nitrogens with one attached hydrogen (secondary N) is 1. The minimum atomic E-state index is -0.293. The Balaban J connectivity index is 2.24. The molecule has 0 radical (unpaired) electrons. The zero-order valence-corrected chi connectivity index (χ0v) is 11.3. The minimum absolute atomic E-state index is 0.0415. The van der Waals surface area contributed by atoms with E-state index in [1.807, 2.05) is 20.0 Å². The lowest BCUT2D eigenvalue weighted by atomic mass is 10.1. The normalized spacial score (nSPS) is 12.5. The summed E-state index contributed by atoms with van der Waals surface area (Å²) in [5.41, 5.74) is 2.33. The molecule has 96 valence electrons. The van der Waals surface area contributed by atoms with Gasteiger partial charge in [-0.15, -0.1) is 0 Å². The molecule has 1 heterocycles. The lowest BCUT2D eigenvalue weighted by Gasteiger charge is -2.17. The number of aryl methyl sites for hydroxylation is 2. The van der Waals surface area contributed by atoms with Gasteiger partial charge in [0.05, 0.1) is 22.4 Å². The van der Waals surface area contributed by atoms with E-state index >= 15 is 0 Å². The molecule has 0 fully saturated rings. The Morgan fingerprint density at radius 2 is 2.17 bits per heavy atom. The smallest absolute Gasteiger partial charge is 0.127 e. The Kier molecular flexibility index (Phi) is 3.57. The summed E-state index contributed by atoms with van der Waals surface area (Å²) in [5.74, 6) is -0.293. The summed E-state index contributed by atoms with van der Waals surface area (Å²) in [4.78, 5) is 0. The molecule has 0 spiro atoms. The maximum absolute atomic E-state index is 13.3. The van der Waals surface area contributed by atoms with Gasteiger partial charge in [-0.05, 0) is 37.6 Å². The highest BCUT2D eigenvalue weighted by atomic mass is 35.5. The van der Waals surface area contributed by atoms with Crippen molar-refractivity contribution in [2.75, 3.05) is 5.32 Å². The molecule has 1 unspecified atom stereocenters. The van der Waals surface area contributed by atoms with Gasteiger partial charge >= 0.3 is 0 Å². The van der Waals surface area contributed by atoms with Crippen molar-refractivity contribution in [2.45, 2.75) is 19.9 Å². The molecule has 0 bridgehead atoms. The number of rotatable bonds is 3. The standard InChI is InChI=1S/C13H15ClFN3/c1-8-6-12(10(14)7-11(8)15)17-9(2)13-4-5-16-18(13)3/h4-7,9,17H,1-3H3. The first-order chi connectivity index (χ1) is 8.49. The van der Waals surface area contributed by atoms with Crippen molar-refractivity contribution in [2.24, 2.45) is 7.05 Å². The highest BCUT2D eigenvalue weighted by Crippen LogP contribution is 2.28. The van der Waals surface area contributed by atoms with Gasteiger partial charge in [0.25, 0.3) is 0 Å². The minimum Gasteiger partial charge on any atom is -0.376 e. The van der Waals surface area contributed by atoms with Crippen LogP contribution in [-0.4, -0.2) is 9.78 Å². The summed E-state index contributed by atoms with van der Waals surface area (Å²) in [6.07, 6.45) is 1.74. The van der Waals surface area contributed by atoms with E-state index in [-0.39, 0.29) is 11.9 Å². The fraction of sp³-hybridized carbons (Fsp3) is 0.308. The number of hydrogen-bond acceptors (Lipinski definition) is 2. The van der Waals surface area contributed by atoms with Crippen molar-refractivity contribution in [1.82, 2.24) is 9.78 Å². The van der Waals surface area contributed by atoms with E-state index in [4.69, 9.17) is 11.6 Å². The van der Waals surface area contributed by atoms with Gasteiger partial charge in [-0.1, -0.05) is 11.6 Å². The van der Waals surface area contributed by atoms with Crippen molar-refractivity contribution >= 4 is 17.3 Å². The zero-order chi connectivity index (χ0) is 13.3. The largest absolute Gasteiger partial charge is 0.376 e. The summed E-state index contributed by atoms with van der Waals surface area (Å²) in [6.45, 7) is 3.72. The van der Waals surface area contributed by atoms with Gasteiger partial charge in [-0.3, -0.25) is 4.68 Å². The number of nitrogens with zero attached hydrogens (tertiary/aromatic N) is 2. The van der Waals surface area contributed by atoms with Crippen molar-refractivity contribution in [1.29, 1.82) is 0 Å². The Morgan fingerprint density at radius 3 is 2.78 bits per heavy atom. The molecule has 0 saturated heterocycles. The molecule has 0 aliphatic carbocycles. The fourth-order valence-corrected chi connectivity index (χ4v) is 2.09. The van der Waals surface area contributed by atoms with E-state index in [2.05, 4.69) is 10.4 Å². The average Bonchev–Trinajstić information content (AvgIpc) is 2.72. The summed E-state index contributed by atoms with van der Waals surface area (Å²) < 4.78 is 15.1. The molecule has 1 aromatic heterocycles. The van der Waals surface area contributed by atoms with Crippen LogP contribution in [0.25, 0.3) is 0 Å². The second kappa shape index (κ2) is 4.98. The van der Waals surface area contributed by atoms with Gasteiger partial charge in [0.15, 0.2) is 0 Å². The predicted octanol–water partition coefficient (Wildman–Crippen LogP) is 3.69. The molecular formula is C13H15ClFN3. The zero-order valence-electron chi connectivity index (χ0n) is 10.5. The van der Waals surface area contributed by atoms with E-state index in [1.165, 1.54) is 6.07 Å². The maximum Gasteiger partial charge on any atom is 0.127 e. The van der Waals surface area contributed by atoms with Crippen LogP contribution in [0.4, 0.5) is 10.1 Å². The lowest BCUT2D eigenvalue weighted by Crippen LogP contribution is -2.11. The first-order valence-electron chi connectivity index (χ1n) is 5.69. The second-order valence-corrected chi connectivity index (χ2v) is 4.73. The first-order valence-corrected chi connectivity index (χ1v) is 6.07. The summed E-state index contributed by atoms with van der Waals surface area (Å²) >= 11 is 6.02. The molecule has 2 rings (SSSR count). The van der Waals surface area contributed by atoms with Crippen LogP contribution < -0.4 is 5.32 Å². The van der Waals surface area contributed by atoms with Crippen LogP contribution in [0, 0.1) is 12.7 Å². The number of benzene rings is 1. The third-order valence-corrected chi connectivity index (χ3v) is 3.24. The number of halogens is 2. The maximum atomic E-state index is 13.3. The van der Waals surface area contributed by atoms with E-state index in [9.17, 15) is 4.39 Å². The van der Waals surface area contributed by atoms with Crippen LogP contribution in [0.15, 0.2) is 24.4 Å². The molecule has 18 heavy (non-hydrogen) atoms. The molecule has 1 aromatic carbocycles. The predicted molar refractivity (Wildman–Crippen MR) is 71.4 cm³/mol. The van der Waals surface area contributed by atoms with Gasteiger partial charge in [-0.25, -0.2) is 4.39 Å². The summed E-state index contributed by atoms with van der Waals surface area (Å²) in [6, 6.07) is 5.02. The Hall–Kier alpha value is -1.55. The number of aromatic nitrogens is 2. The fourth-order valence-electron chi connectivity index (χ4n) is 1.88. The molecule has 2 aromatic rings. The van der Waals surface area contributed by atoms with Crippen LogP contribution in [0.5, 0.6) is 0 Å².